The van der Waals surface area contributed by atoms with Gasteiger partial charge in [-0.2, -0.15) is 0 Å². The van der Waals surface area contributed by atoms with Gasteiger partial charge < -0.3 is 10.6 Å². The zero-order valence-electron chi connectivity index (χ0n) is 10.4. The molecule has 1 aromatic rings. The van der Waals surface area contributed by atoms with E-state index >= 15 is 0 Å². The van der Waals surface area contributed by atoms with E-state index in [0.717, 1.165) is 25.9 Å². The fourth-order valence-corrected chi connectivity index (χ4v) is 3.41. The Morgan fingerprint density at radius 1 is 1.47 bits per heavy atom. The number of thioether (sulfide) groups is 1. The van der Waals surface area contributed by atoms with E-state index in [4.69, 9.17) is 0 Å². The van der Waals surface area contributed by atoms with Crippen molar-refractivity contribution in [2.45, 2.75) is 18.1 Å². The minimum atomic E-state index is -0.325. The van der Waals surface area contributed by atoms with Gasteiger partial charge in [0.2, 0.25) is 5.91 Å². The average Bonchev–Trinajstić information content (AvgIpc) is 2.41. The molecule has 0 radical (unpaired) electrons. The molecule has 2 N–H and O–H groups in total. The molecular weight excluding hydrogens is 331 g/mol. The lowest BCUT2D eigenvalue weighted by Gasteiger charge is -2.21. The first-order valence-electron chi connectivity index (χ1n) is 6.22. The third-order valence-corrected chi connectivity index (χ3v) is 4.97. The number of halogens is 2. The van der Waals surface area contributed by atoms with Gasteiger partial charge in [0.15, 0.2) is 0 Å². The molecule has 1 aliphatic rings. The highest BCUT2D eigenvalue weighted by molar-refractivity contribution is 9.10. The maximum atomic E-state index is 12.9. The van der Waals surface area contributed by atoms with E-state index in [1.165, 1.54) is 12.1 Å². The van der Waals surface area contributed by atoms with Gasteiger partial charge >= 0.3 is 0 Å². The summed E-state index contributed by atoms with van der Waals surface area (Å²) in [6.07, 6.45) is 2.22. The number of amides is 1. The van der Waals surface area contributed by atoms with Crippen LogP contribution < -0.4 is 10.6 Å². The Balaban J connectivity index is 1.80. The molecule has 1 saturated heterocycles. The monoisotopic (exact) mass is 346 g/mol. The second kappa shape index (κ2) is 7.26. The Bertz CT molecular complexity index is 452. The normalized spacial score (nSPS) is 16.3. The maximum Gasteiger partial charge on any atom is 0.234 e. The predicted octanol–water partition coefficient (Wildman–Crippen LogP) is 3.01. The van der Waals surface area contributed by atoms with Crippen molar-refractivity contribution in [3.8, 4) is 0 Å². The number of carbonyl (C=O) groups is 1. The highest BCUT2D eigenvalue weighted by Gasteiger charge is 2.15. The van der Waals surface area contributed by atoms with Crippen LogP contribution in [0.3, 0.4) is 0 Å². The molecule has 0 atom stereocenters. The van der Waals surface area contributed by atoms with Crippen LogP contribution in [0.15, 0.2) is 22.7 Å². The van der Waals surface area contributed by atoms with Gasteiger partial charge in [0.25, 0.3) is 0 Å². The molecule has 1 aromatic carbocycles. The summed E-state index contributed by atoms with van der Waals surface area (Å²) in [5.74, 6) is 0.0684. The van der Waals surface area contributed by atoms with Crippen molar-refractivity contribution in [3.63, 3.8) is 0 Å². The maximum absolute atomic E-state index is 12.9. The van der Waals surface area contributed by atoms with E-state index in [1.807, 2.05) is 0 Å². The summed E-state index contributed by atoms with van der Waals surface area (Å²) < 4.78 is 13.5. The van der Waals surface area contributed by atoms with Crippen molar-refractivity contribution in [2.24, 2.45) is 0 Å². The van der Waals surface area contributed by atoms with Gasteiger partial charge in [-0.3, -0.25) is 4.79 Å². The first kappa shape index (κ1) is 14.8. The van der Waals surface area contributed by atoms with E-state index in [0.29, 0.717) is 21.2 Å². The molecule has 19 heavy (non-hydrogen) atoms. The molecule has 0 aromatic heterocycles. The minimum Gasteiger partial charge on any atom is -0.324 e. The SMILES string of the molecule is O=C(CSC1CCNCC1)Nc1ccc(F)cc1Br. The summed E-state index contributed by atoms with van der Waals surface area (Å²) in [5.41, 5.74) is 0.609. The van der Waals surface area contributed by atoms with Crippen molar-refractivity contribution in [1.29, 1.82) is 0 Å². The zero-order valence-corrected chi connectivity index (χ0v) is 12.8. The topological polar surface area (TPSA) is 41.1 Å². The molecule has 6 heteroatoms. The molecule has 3 nitrogen and oxygen atoms in total. The Morgan fingerprint density at radius 3 is 2.89 bits per heavy atom. The fraction of sp³-hybridized carbons (Fsp3) is 0.462. The predicted molar refractivity (Wildman–Crippen MR) is 81.1 cm³/mol. The summed E-state index contributed by atoms with van der Waals surface area (Å²) in [5, 5.41) is 6.65. The van der Waals surface area contributed by atoms with Gasteiger partial charge in [0.1, 0.15) is 5.82 Å². The number of rotatable bonds is 4. The van der Waals surface area contributed by atoms with Gasteiger partial charge in [0, 0.05) is 9.72 Å². The second-order valence-electron chi connectivity index (χ2n) is 4.43. The lowest BCUT2D eigenvalue weighted by Crippen LogP contribution is -2.30. The van der Waals surface area contributed by atoms with Crippen molar-refractivity contribution < 1.29 is 9.18 Å². The van der Waals surface area contributed by atoms with E-state index in [-0.39, 0.29) is 11.7 Å². The van der Waals surface area contributed by atoms with Gasteiger partial charge in [-0.25, -0.2) is 4.39 Å². The number of hydrogen-bond acceptors (Lipinski definition) is 3. The first-order valence-corrected chi connectivity index (χ1v) is 8.06. The van der Waals surface area contributed by atoms with Crippen LogP contribution in [0.4, 0.5) is 10.1 Å². The smallest absolute Gasteiger partial charge is 0.234 e. The van der Waals surface area contributed by atoms with Crippen molar-refractivity contribution in [2.75, 3.05) is 24.2 Å². The van der Waals surface area contributed by atoms with Crippen LogP contribution in [0.5, 0.6) is 0 Å². The number of piperidine rings is 1. The van der Waals surface area contributed by atoms with Crippen LogP contribution in [0.25, 0.3) is 0 Å². The molecule has 0 aliphatic carbocycles. The minimum absolute atomic E-state index is 0.0455. The third kappa shape index (κ3) is 4.78. The van der Waals surface area contributed by atoms with E-state index in [9.17, 15) is 9.18 Å². The number of carbonyl (C=O) groups excluding carboxylic acids is 1. The number of anilines is 1. The molecule has 0 saturated carbocycles. The van der Waals surface area contributed by atoms with Crippen LogP contribution >= 0.6 is 27.7 Å². The van der Waals surface area contributed by atoms with Crippen LogP contribution in [0.2, 0.25) is 0 Å². The highest BCUT2D eigenvalue weighted by Crippen LogP contribution is 2.24. The zero-order chi connectivity index (χ0) is 13.7. The van der Waals surface area contributed by atoms with Crippen molar-refractivity contribution in [3.05, 3.63) is 28.5 Å². The Hall–Kier alpha value is -0.590. The molecule has 0 unspecified atom stereocenters. The summed E-state index contributed by atoms with van der Waals surface area (Å²) in [7, 11) is 0. The number of nitrogens with one attached hydrogen (secondary N) is 2. The molecular formula is C13H16BrFN2OS. The van der Waals surface area contributed by atoms with Gasteiger partial charge in [0.05, 0.1) is 11.4 Å². The molecule has 0 spiro atoms. The van der Waals surface area contributed by atoms with E-state index in [1.54, 1.807) is 17.8 Å². The lowest BCUT2D eigenvalue weighted by molar-refractivity contribution is -0.113. The van der Waals surface area contributed by atoms with E-state index in [2.05, 4.69) is 26.6 Å². The third-order valence-electron chi connectivity index (χ3n) is 2.94. The Labute approximate surface area is 124 Å². The van der Waals surface area contributed by atoms with Gasteiger partial charge in [-0.05, 0) is 60.1 Å². The fourth-order valence-electron chi connectivity index (χ4n) is 1.93. The molecule has 1 heterocycles. The standard InChI is InChI=1S/C13H16BrFN2OS/c14-11-7-9(15)1-2-12(11)17-13(18)8-19-10-3-5-16-6-4-10/h1-2,7,10,16H,3-6,8H2,(H,17,18). The lowest BCUT2D eigenvalue weighted by atomic mass is 10.2. The Kier molecular flexibility index (Phi) is 5.66. The van der Waals surface area contributed by atoms with Crippen molar-refractivity contribution >= 4 is 39.3 Å². The molecule has 1 fully saturated rings. The number of hydrogen-bond donors (Lipinski definition) is 2. The van der Waals surface area contributed by atoms with E-state index < -0.39 is 0 Å². The second-order valence-corrected chi connectivity index (χ2v) is 6.58. The van der Waals surface area contributed by atoms with Crippen LogP contribution in [0, 0.1) is 5.82 Å². The quantitative estimate of drug-likeness (QED) is 0.880. The molecule has 0 bridgehead atoms. The summed E-state index contributed by atoms with van der Waals surface area (Å²) in [6, 6.07) is 4.24. The molecule has 2 rings (SSSR count). The highest BCUT2D eigenvalue weighted by atomic mass is 79.9. The Morgan fingerprint density at radius 2 is 2.21 bits per heavy atom. The van der Waals surface area contributed by atoms with Gasteiger partial charge in [-0.1, -0.05) is 0 Å². The van der Waals surface area contributed by atoms with Crippen LogP contribution in [-0.2, 0) is 4.79 Å². The summed E-state index contributed by atoms with van der Waals surface area (Å²) >= 11 is 4.93. The summed E-state index contributed by atoms with van der Waals surface area (Å²) in [4.78, 5) is 11.8. The first-order chi connectivity index (χ1) is 9.15. The van der Waals surface area contributed by atoms with Gasteiger partial charge in [-0.15, -0.1) is 11.8 Å². The average molecular weight is 347 g/mol. The summed E-state index contributed by atoms with van der Waals surface area (Å²) in [6.45, 7) is 2.06. The van der Waals surface area contributed by atoms with Crippen LogP contribution in [0.1, 0.15) is 12.8 Å². The molecule has 1 amide bonds. The van der Waals surface area contributed by atoms with Crippen molar-refractivity contribution in [1.82, 2.24) is 5.32 Å². The largest absolute Gasteiger partial charge is 0.324 e. The van der Waals surface area contributed by atoms with Crippen LogP contribution in [-0.4, -0.2) is 30.0 Å². The molecule has 1 aliphatic heterocycles. The number of benzene rings is 1. The molecule has 104 valence electrons.